The Bertz CT molecular complexity index is 106. The van der Waals surface area contributed by atoms with Crippen molar-refractivity contribution in [1.82, 2.24) is 5.32 Å². The van der Waals surface area contributed by atoms with Crippen LogP contribution in [0.4, 0.5) is 0 Å². The molecule has 0 amide bonds. The van der Waals surface area contributed by atoms with E-state index in [1.165, 1.54) is 12.8 Å². The highest BCUT2D eigenvalue weighted by Crippen LogP contribution is 2.03. The van der Waals surface area contributed by atoms with Crippen molar-refractivity contribution in [2.45, 2.75) is 46.1 Å². The van der Waals surface area contributed by atoms with E-state index in [4.69, 9.17) is 4.74 Å². The van der Waals surface area contributed by atoms with Gasteiger partial charge in [-0.3, -0.25) is 0 Å². The summed E-state index contributed by atoms with van der Waals surface area (Å²) in [5.74, 6) is 0.788. The lowest BCUT2D eigenvalue weighted by molar-refractivity contribution is 0.162. The Balaban J connectivity index is 3.46. The van der Waals surface area contributed by atoms with Gasteiger partial charge in [0.1, 0.15) is 0 Å². The van der Waals surface area contributed by atoms with Crippen LogP contribution < -0.4 is 5.32 Å². The molecule has 0 spiro atoms. The molecule has 0 saturated carbocycles. The van der Waals surface area contributed by atoms with Crippen molar-refractivity contribution in [1.29, 1.82) is 0 Å². The monoisotopic (exact) mass is 187 g/mol. The molecule has 0 rings (SSSR count). The quantitative estimate of drug-likeness (QED) is 0.630. The lowest BCUT2D eigenvalue weighted by Gasteiger charge is -2.18. The van der Waals surface area contributed by atoms with Gasteiger partial charge in [-0.15, -0.1) is 0 Å². The van der Waals surface area contributed by atoms with E-state index in [0.29, 0.717) is 6.04 Å². The summed E-state index contributed by atoms with van der Waals surface area (Å²) in [7, 11) is 1.76. The maximum Gasteiger partial charge on any atom is 0.0615 e. The molecule has 0 aliphatic rings. The number of hydrogen-bond acceptors (Lipinski definition) is 2. The number of hydrogen-bond donors (Lipinski definition) is 1. The van der Waals surface area contributed by atoms with Crippen LogP contribution in [0.1, 0.15) is 40.0 Å². The van der Waals surface area contributed by atoms with Crippen LogP contribution in [0.5, 0.6) is 0 Å². The Morgan fingerprint density at radius 1 is 1.31 bits per heavy atom. The summed E-state index contributed by atoms with van der Waals surface area (Å²) in [6.07, 6.45) is 3.74. The van der Waals surface area contributed by atoms with Crippen LogP contribution in [0, 0.1) is 5.92 Å². The van der Waals surface area contributed by atoms with Crippen molar-refractivity contribution in [2.75, 3.05) is 20.3 Å². The van der Waals surface area contributed by atoms with Gasteiger partial charge < -0.3 is 10.1 Å². The van der Waals surface area contributed by atoms with E-state index in [1.807, 2.05) is 0 Å². The standard InChI is InChI=1S/C11H25NO/c1-5-7-10(3)8-12-11(6-2)9-13-4/h10-12H,5-9H2,1-4H3. The summed E-state index contributed by atoms with van der Waals surface area (Å²) in [6.45, 7) is 8.69. The second-order valence-corrected chi connectivity index (χ2v) is 3.86. The molecule has 0 aromatic rings. The summed E-state index contributed by atoms with van der Waals surface area (Å²) in [5, 5.41) is 3.53. The van der Waals surface area contributed by atoms with E-state index in [-0.39, 0.29) is 0 Å². The Morgan fingerprint density at radius 3 is 2.46 bits per heavy atom. The van der Waals surface area contributed by atoms with Gasteiger partial charge in [-0.05, 0) is 25.3 Å². The lowest BCUT2D eigenvalue weighted by atomic mass is 10.1. The molecule has 0 bridgehead atoms. The van der Waals surface area contributed by atoms with Gasteiger partial charge >= 0.3 is 0 Å². The number of methoxy groups -OCH3 is 1. The van der Waals surface area contributed by atoms with Gasteiger partial charge in [0.2, 0.25) is 0 Å². The van der Waals surface area contributed by atoms with E-state index in [9.17, 15) is 0 Å². The van der Waals surface area contributed by atoms with Gasteiger partial charge in [-0.1, -0.05) is 27.2 Å². The molecule has 0 aromatic carbocycles. The second-order valence-electron chi connectivity index (χ2n) is 3.86. The molecule has 0 fully saturated rings. The first-order valence-electron chi connectivity index (χ1n) is 5.46. The van der Waals surface area contributed by atoms with Crippen LogP contribution in [0.15, 0.2) is 0 Å². The molecular formula is C11H25NO. The van der Waals surface area contributed by atoms with Crippen molar-refractivity contribution in [3.8, 4) is 0 Å². The van der Waals surface area contributed by atoms with Gasteiger partial charge in [-0.25, -0.2) is 0 Å². The minimum Gasteiger partial charge on any atom is -0.383 e. The molecule has 2 nitrogen and oxygen atoms in total. The third-order valence-corrected chi connectivity index (χ3v) is 2.40. The number of nitrogens with one attached hydrogen (secondary N) is 1. The van der Waals surface area contributed by atoms with Crippen LogP contribution in [-0.2, 0) is 4.74 Å². The van der Waals surface area contributed by atoms with Crippen molar-refractivity contribution in [3.63, 3.8) is 0 Å². The first kappa shape index (κ1) is 12.9. The molecule has 0 saturated heterocycles. The molecule has 2 heteroatoms. The summed E-state index contributed by atoms with van der Waals surface area (Å²) >= 11 is 0. The maximum absolute atomic E-state index is 5.12. The molecule has 0 aromatic heterocycles. The van der Waals surface area contributed by atoms with Gasteiger partial charge in [0, 0.05) is 13.2 Å². The summed E-state index contributed by atoms with van der Waals surface area (Å²) < 4.78 is 5.12. The smallest absolute Gasteiger partial charge is 0.0615 e. The zero-order chi connectivity index (χ0) is 10.1. The minimum atomic E-state index is 0.532. The van der Waals surface area contributed by atoms with Crippen molar-refractivity contribution < 1.29 is 4.74 Å². The molecule has 1 N–H and O–H groups in total. The summed E-state index contributed by atoms with van der Waals surface area (Å²) in [6, 6.07) is 0.532. The predicted molar refractivity (Wildman–Crippen MR) is 58.0 cm³/mol. The van der Waals surface area contributed by atoms with Gasteiger partial charge in [-0.2, -0.15) is 0 Å². The maximum atomic E-state index is 5.12. The Kier molecular flexibility index (Phi) is 8.46. The van der Waals surface area contributed by atoms with Gasteiger partial charge in [0.05, 0.1) is 6.61 Å². The van der Waals surface area contributed by atoms with Crippen molar-refractivity contribution in [2.24, 2.45) is 5.92 Å². The first-order valence-corrected chi connectivity index (χ1v) is 5.46. The first-order chi connectivity index (χ1) is 6.24. The molecule has 0 aliphatic carbocycles. The molecule has 0 radical (unpaired) electrons. The summed E-state index contributed by atoms with van der Waals surface area (Å²) in [4.78, 5) is 0. The molecular weight excluding hydrogens is 162 g/mol. The van der Waals surface area contributed by atoms with E-state index >= 15 is 0 Å². The van der Waals surface area contributed by atoms with Gasteiger partial charge in [0.15, 0.2) is 0 Å². The lowest BCUT2D eigenvalue weighted by Crippen LogP contribution is -2.35. The van der Waals surface area contributed by atoms with E-state index in [1.54, 1.807) is 7.11 Å². The SMILES string of the molecule is CCCC(C)CNC(CC)COC. The fourth-order valence-electron chi connectivity index (χ4n) is 1.49. The van der Waals surface area contributed by atoms with Crippen molar-refractivity contribution in [3.05, 3.63) is 0 Å². The van der Waals surface area contributed by atoms with Crippen LogP contribution >= 0.6 is 0 Å². The number of ether oxygens (including phenoxy) is 1. The summed E-state index contributed by atoms with van der Waals surface area (Å²) in [5.41, 5.74) is 0. The van der Waals surface area contributed by atoms with Crippen LogP contribution in [0.3, 0.4) is 0 Å². The fraction of sp³-hybridized carbons (Fsp3) is 1.00. The average molecular weight is 187 g/mol. The second kappa shape index (κ2) is 8.52. The molecule has 80 valence electrons. The Morgan fingerprint density at radius 2 is 2.00 bits per heavy atom. The number of rotatable bonds is 8. The topological polar surface area (TPSA) is 21.3 Å². The molecule has 13 heavy (non-hydrogen) atoms. The molecule has 0 aliphatic heterocycles. The molecule has 0 heterocycles. The molecule has 2 atom stereocenters. The van der Waals surface area contributed by atoms with Crippen LogP contribution in [0.2, 0.25) is 0 Å². The van der Waals surface area contributed by atoms with Crippen molar-refractivity contribution >= 4 is 0 Å². The normalized spacial score (nSPS) is 15.7. The zero-order valence-electron chi connectivity index (χ0n) is 9.60. The van der Waals surface area contributed by atoms with E-state index in [0.717, 1.165) is 25.5 Å². The largest absolute Gasteiger partial charge is 0.383 e. The zero-order valence-corrected chi connectivity index (χ0v) is 9.60. The highest BCUT2D eigenvalue weighted by atomic mass is 16.5. The van der Waals surface area contributed by atoms with E-state index < -0.39 is 0 Å². The van der Waals surface area contributed by atoms with E-state index in [2.05, 4.69) is 26.1 Å². The Hall–Kier alpha value is -0.0800. The highest BCUT2D eigenvalue weighted by Gasteiger charge is 2.06. The average Bonchev–Trinajstić information content (AvgIpc) is 2.12. The highest BCUT2D eigenvalue weighted by molar-refractivity contribution is 4.65. The van der Waals surface area contributed by atoms with Crippen LogP contribution in [0.25, 0.3) is 0 Å². The minimum absolute atomic E-state index is 0.532. The molecule has 2 unspecified atom stereocenters. The van der Waals surface area contributed by atoms with Crippen LogP contribution in [-0.4, -0.2) is 26.3 Å². The Labute approximate surface area is 83.1 Å². The third-order valence-electron chi connectivity index (χ3n) is 2.40. The fourth-order valence-corrected chi connectivity index (χ4v) is 1.49. The third kappa shape index (κ3) is 7.03. The predicted octanol–water partition coefficient (Wildman–Crippen LogP) is 2.44. The van der Waals surface area contributed by atoms with Gasteiger partial charge in [0.25, 0.3) is 0 Å².